The molecule has 1 aromatic carbocycles. The fourth-order valence-corrected chi connectivity index (χ4v) is 2.92. The third-order valence-electron chi connectivity index (χ3n) is 4.37. The number of carbonyl (C=O) groups excluding carboxylic acids is 1. The third-order valence-corrected chi connectivity index (χ3v) is 4.37. The summed E-state index contributed by atoms with van der Waals surface area (Å²) in [5, 5.41) is 10.2. The number of likely N-dealkylation sites (tertiary alicyclic amines) is 1. The molecule has 1 N–H and O–H groups in total. The molecule has 0 atom stereocenters. The molecule has 1 aliphatic carbocycles. The van der Waals surface area contributed by atoms with E-state index in [1.165, 1.54) is 0 Å². The highest BCUT2D eigenvalue weighted by molar-refractivity contribution is 5.79. The normalized spacial score (nSPS) is 20.4. The molecule has 0 unspecified atom stereocenters. The van der Waals surface area contributed by atoms with Gasteiger partial charge in [-0.25, -0.2) is 0 Å². The molecule has 2 aliphatic rings. The van der Waals surface area contributed by atoms with Crippen LogP contribution in [0.4, 0.5) is 0 Å². The molecule has 1 aromatic rings. The van der Waals surface area contributed by atoms with Gasteiger partial charge in [0.2, 0.25) is 0 Å². The van der Waals surface area contributed by atoms with Crippen molar-refractivity contribution in [1.29, 1.82) is 0 Å². The molecule has 3 rings (SSSR count). The summed E-state index contributed by atoms with van der Waals surface area (Å²) in [5.74, 6) is 1.16. The largest absolute Gasteiger partial charge is 0.483 e. The van der Waals surface area contributed by atoms with Gasteiger partial charge in [-0.3, -0.25) is 4.79 Å². The Balaban J connectivity index is 1.53. The molecular weight excluding hydrogens is 254 g/mol. The van der Waals surface area contributed by atoms with E-state index in [0.717, 1.165) is 29.7 Å². The molecule has 1 saturated heterocycles. The van der Waals surface area contributed by atoms with Crippen molar-refractivity contribution in [2.75, 3.05) is 19.7 Å². The maximum absolute atomic E-state index is 12.0. The Hall–Kier alpha value is -1.55. The molecule has 108 valence electrons. The Morgan fingerprint density at radius 3 is 2.50 bits per heavy atom. The second-order valence-electron chi connectivity index (χ2n) is 6.14. The molecule has 20 heavy (non-hydrogen) atoms. The van der Waals surface area contributed by atoms with Crippen molar-refractivity contribution in [2.24, 2.45) is 5.92 Å². The van der Waals surface area contributed by atoms with Crippen molar-refractivity contribution < 1.29 is 14.6 Å². The number of aliphatic hydroxyl groups is 1. The smallest absolute Gasteiger partial charge is 0.260 e. The summed E-state index contributed by atoms with van der Waals surface area (Å²) in [7, 11) is 0. The van der Waals surface area contributed by atoms with Crippen LogP contribution in [-0.2, 0) is 4.79 Å². The van der Waals surface area contributed by atoms with Crippen LogP contribution < -0.4 is 4.74 Å². The molecule has 1 saturated carbocycles. The Morgan fingerprint density at radius 1 is 1.35 bits per heavy atom. The summed E-state index contributed by atoms with van der Waals surface area (Å²) < 4.78 is 5.66. The number of nitrogens with zero attached hydrogens (tertiary/aromatic N) is 1. The predicted octanol–water partition coefficient (Wildman–Crippen LogP) is 1.67. The fourth-order valence-electron chi connectivity index (χ4n) is 2.92. The van der Waals surface area contributed by atoms with Gasteiger partial charge >= 0.3 is 0 Å². The Bertz CT molecular complexity index is 510. The Kier molecular flexibility index (Phi) is 3.21. The van der Waals surface area contributed by atoms with E-state index in [-0.39, 0.29) is 12.5 Å². The number of para-hydroxylation sites is 1. The average molecular weight is 275 g/mol. The topological polar surface area (TPSA) is 49.8 Å². The average Bonchev–Trinajstić information content (AvgIpc) is 3.18. The molecule has 4 nitrogen and oxygen atoms in total. The predicted molar refractivity (Wildman–Crippen MR) is 75.7 cm³/mol. The molecule has 0 spiro atoms. The van der Waals surface area contributed by atoms with Crippen molar-refractivity contribution in [1.82, 2.24) is 4.90 Å². The number of benzene rings is 1. The summed E-state index contributed by atoms with van der Waals surface area (Å²) >= 11 is 0. The minimum atomic E-state index is -0.617. The van der Waals surface area contributed by atoms with Gasteiger partial charge < -0.3 is 14.7 Å². The van der Waals surface area contributed by atoms with Crippen LogP contribution in [0, 0.1) is 19.8 Å². The monoisotopic (exact) mass is 275 g/mol. The molecule has 2 fully saturated rings. The van der Waals surface area contributed by atoms with Crippen LogP contribution in [0.5, 0.6) is 5.75 Å². The standard InChI is InChI=1S/C16H21NO3/c1-11-4-3-5-12(2)15(11)20-8-14(18)17-9-16(19,10-17)13-6-7-13/h3-5,13,19H,6-10H2,1-2H3. The fraction of sp³-hybridized carbons (Fsp3) is 0.562. The lowest BCUT2D eigenvalue weighted by molar-refractivity contribution is -0.161. The van der Waals surface area contributed by atoms with Crippen molar-refractivity contribution in [3.8, 4) is 5.75 Å². The molecular formula is C16H21NO3. The highest BCUT2D eigenvalue weighted by atomic mass is 16.5. The zero-order chi connectivity index (χ0) is 14.3. The van der Waals surface area contributed by atoms with Gasteiger partial charge in [0.05, 0.1) is 13.1 Å². The zero-order valence-corrected chi connectivity index (χ0v) is 12.1. The van der Waals surface area contributed by atoms with Crippen LogP contribution in [0.25, 0.3) is 0 Å². The number of ether oxygens (including phenoxy) is 1. The molecule has 0 radical (unpaired) electrons. The molecule has 4 heteroatoms. The summed E-state index contributed by atoms with van der Waals surface area (Å²) in [6, 6.07) is 5.93. The van der Waals surface area contributed by atoms with Crippen molar-refractivity contribution in [3.63, 3.8) is 0 Å². The van der Waals surface area contributed by atoms with Gasteiger partial charge in [0, 0.05) is 0 Å². The highest BCUT2D eigenvalue weighted by Crippen LogP contribution is 2.44. The van der Waals surface area contributed by atoms with Gasteiger partial charge in [0.15, 0.2) is 6.61 Å². The van der Waals surface area contributed by atoms with Gasteiger partial charge in [0.1, 0.15) is 11.4 Å². The second-order valence-corrected chi connectivity index (χ2v) is 6.14. The second kappa shape index (κ2) is 4.77. The Morgan fingerprint density at radius 2 is 1.95 bits per heavy atom. The van der Waals surface area contributed by atoms with E-state index in [9.17, 15) is 9.90 Å². The first-order valence-corrected chi connectivity index (χ1v) is 7.19. The lowest BCUT2D eigenvalue weighted by Crippen LogP contribution is -2.65. The first-order chi connectivity index (χ1) is 9.49. The first kappa shape index (κ1) is 13.4. The number of β-amino-alcohol motifs (C(OH)–C–C–N with tert-alkyl or cyclic N) is 1. The van der Waals surface area contributed by atoms with Crippen LogP contribution in [0.15, 0.2) is 18.2 Å². The number of hydrogen-bond donors (Lipinski definition) is 1. The lowest BCUT2D eigenvalue weighted by atomic mass is 9.89. The van der Waals surface area contributed by atoms with E-state index in [2.05, 4.69) is 0 Å². The molecule has 0 bridgehead atoms. The minimum Gasteiger partial charge on any atom is -0.483 e. The summed E-state index contributed by atoms with van der Waals surface area (Å²) in [6.07, 6.45) is 2.19. The summed E-state index contributed by atoms with van der Waals surface area (Å²) in [5.41, 5.74) is 1.46. The molecule has 0 aromatic heterocycles. The molecule has 1 amide bonds. The van der Waals surface area contributed by atoms with Crippen LogP contribution >= 0.6 is 0 Å². The number of rotatable bonds is 4. The van der Waals surface area contributed by atoms with E-state index in [1.807, 2.05) is 32.0 Å². The maximum Gasteiger partial charge on any atom is 0.260 e. The van der Waals surface area contributed by atoms with Gasteiger partial charge in [-0.1, -0.05) is 18.2 Å². The SMILES string of the molecule is Cc1cccc(C)c1OCC(=O)N1CC(O)(C2CC2)C1. The number of amides is 1. The van der Waals surface area contributed by atoms with Crippen LogP contribution in [0.3, 0.4) is 0 Å². The summed E-state index contributed by atoms with van der Waals surface area (Å²) in [4.78, 5) is 13.7. The van der Waals surface area contributed by atoms with E-state index < -0.39 is 5.60 Å². The molecule has 1 heterocycles. The Labute approximate surface area is 119 Å². The highest BCUT2D eigenvalue weighted by Gasteiger charge is 2.53. The maximum atomic E-state index is 12.0. The zero-order valence-electron chi connectivity index (χ0n) is 12.1. The first-order valence-electron chi connectivity index (χ1n) is 7.19. The van der Waals surface area contributed by atoms with Crippen molar-refractivity contribution >= 4 is 5.91 Å². The van der Waals surface area contributed by atoms with Crippen LogP contribution in [0.2, 0.25) is 0 Å². The van der Waals surface area contributed by atoms with E-state index in [0.29, 0.717) is 19.0 Å². The number of hydrogen-bond acceptors (Lipinski definition) is 3. The third kappa shape index (κ3) is 2.40. The number of carbonyl (C=O) groups is 1. The summed E-state index contributed by atoms with van der Waals surface area (Å²) in [6.45, 7) is 4.93. The number of aryl methyl sites for hydroxylation is 2. The lowest BCUT2D eigenvalue weighted by Gasteiger charge is -2.46. The van der Waals surface area contributed by atoms with Crippen LogP contribution in [-0.4, -0.2) is 41.2 Å². The molecule has 1 aliphatic heterocycles. The van der Waals surface area contributed by atoms with Crippen molar-refractivity contribution in [3.05, 3.63) is 29.3 Å². The van der Waals surface area contributed by atoms with Crippen LogP contribution in [0.1, 0.15) is 24.0 Å². The van der Waals surface area contributed by atoms with Gasteiger partial charge in [0.25, 0.3) is 5.91 Å². The quantitative estimate of drug-likeness (QED) is 0.909. The van der Waals surface area contributed by atoms with Crippen molar-refractivity contribution in [2.45, 2.75) is 32.3 Å². The van der Waals surface area contributed by atoms with Gasteiger partial charge in [-0.15, -0.1) is 0 Å². The van der Waals surface area contributed by atoms with E-state index in [4.69, 9.17) is 4.74 Å². The minimum absolute atomic E-state index is 0.0435. The van der Waals surface area contributed by atoms with Gasteiger partial charge in [-0.2, -0.15) is 0 Å². The van der Waals surface area contributed by atoms with E-state index in [1.54, 1.807) is 4.90 Å². The van der Waals surface area contributed by atoms with Gasteiger partial charge in [-0.05, 0) is 43.7 Å². The van der Waals surface area contributed by atoms with E-state index >= 15 is 0 Å².